The van der Waals surface area contributed by atoms with Crippen LogP contribution in [0.5, 0.6) is 0 Å². The Kier molecular flexibility index (Phi) is 2.55. The summed E-state index contributed by atoms with van der Waals surface area (Å²) in [6, 6.07) is 4.69. The van der Waals surface area contributed by atoms with Crippen LogP contribution in [0.15, 0.2) is 22.7 Å². The Labute approximate surface area is 107 Å². The average molecular weight is 263 g/mol. The van der Waals surface area contributed by atoms with Gasteiger partial charge in [-0.1, -0.05) is 17.3 Å². The van der Waals surface area contributed by atoms with Crippen molar-refractivity contribution < 1.29 is 13.8 Å². The van der Waals surface area contributed by atoms with E-state index in [1.165, 1.54) is 6.07 Å². The number of hydrogen-bond acceptors (Lipinski definition) is 5. The van der Waals surface area contributed by atoms with Gasteiger partial charge >= 0.3 is 0 Å². The van der Waals surface area contributed by atoms with E-state index in [-0.39, 0.29) is 23.3 Å². The summed E-state index contributed by atoms with van der Waals surface area (Å²) in [6.45, 7) is 1.65. The lowest BCUT2D eigenvalue weighted by molar-refractivity contribution is -0.385. The zero-order chi connectivity index (χ0) is 13.6. The second kappa shape index (κ2) is 4.11. The van der Waals surface area contributed by atoms with Crippen molar-refractivity contribution in [1.82, 2.24) is 10.1 Å². The van der Waals surface area contributed by atoms with E-state index in [1.54, 1.807) is 19.1 Å². The first kappa shape index (κ1) is 11.8. The Bertz CT molecular complexity index is 655. The van der Waals surface area contributed by atoms with E-state index in [0.29, 0.717) is 17.5 Å². The number of nitro groups is 1. The molecule has 19 heavy (non-hydrogen) atoms. The molecule has 1 aromatic carbocycles. The molecule has 2 atom stereocenters. The Hall–Kier alpha value is -2.31. The molecule has 1 saturated carbocycles. The standard InChI is InChI=1S/C12H10FN3O3/c1-6-2-3-7(4-10(6)16(17)18)11-14-12(19-15-11)8-5-9(8)13/h2-4,8-9H,5H2,1H3. The maximum absolute atomic E-state index is 12.9. The first-order valence-corrected chi connectivity index (χ1v) is 5.79. The van der Waals surface area contributed by atoms with Crippen molar-refractivity contribution >= 4 is 5.69 Å². The number of aromatic nitrogens is 2. The summed E-state index contributed by atoms with van der Waals surface area (Å²) >= 11 is 0. The minimum Gasteiger partial charge on any atom is -0.339 e. The van der Waals surface area contributed by atoms with Crippen molar-refractivity contribution in [3.63, 3.8) is 0 Å². The fourth-order valence-electron chi connectivity index (χ4n) is 1.87. The van der Waals surface area contributed by atoms with Crippen LogP contribution in [0.3, 0.4) is 0 Å². The van der Waals surface area contributed by atoms with Crippen molar-refractivity contribution in [2.45, 2.75) is 25.4 Å². The second-order valence-electron chi connectivity index (χ2n) is 4.57. The number of nitro benzene ring substituents is 1. The molecule has 1 heterocycles. The number of halogens is 1. The maximum Gasteiger partial charge on any atom is 0.273 e. The van der Waals surface area contributed by atoms with Crippen LogP contribution in [-0.2, 0) is 0 Å². The summed E-state index contributed by atoms with van der Waals surface area (Å²) in [6.07, 6.45) is -0.518. The predicted octanol–water partition coefficient (Wildman–Crippen LogP) is 2.78. The SMILES string of the molecule is Cc1ccc(-c2noc(C3CC3F)n2)cc1[N+](=O)[O-]. The lowest BCUT2D eigenvalue weighted by Crippen LogP contribution is -1.92. The molecular formula is C12H10FN3O3. The molecular weight excluding hydrogens is 253 g/mol. The summed E-state index contributed by atoms with van der Waals surface area (Å²) in [4.78, 5) is 14.5. The fraction of sp³-hybridized carbons (Fsp3) is 0.333. The third-order valence-corrected chi connectivity index (χ3v) is 3.14. The number of rotatable bonds is 3. The molecule has 0 aliphatic heterocycles. The first-order chi connectivity index (χ1) is 9.06. The molecule has 1 aliphatic carbocycles. The van der Waals surface area contributed by atoms with E-state index in [1.807, 2.05) is 0 Å². The number of nitrogens with zero attached hydrogens (tertiary/aromatic N) is 3. The van der Waals surface area contributed by atoms with Gasteiger partial charge in [-0.25, -0.2) is 4.39 Å². The van der Waals surface area contributed by atoms with Crippen LogP contribution in [0.25, 0.3) is 11.4 Å². The predicted molar refractivity (Wildman–Crippen MR) is 63.4 cm³/mol. The van der Waals surface area contributed by atoms with E-state index in [4.69, 9.17) is 4.52 Å². The van der Waals surface area contributed by atoms with Gasteiger partial charge in [0.25, 0.3) is 5.69 Å². The lowest BCUT2D eigenvalue weighted by atomic mass is 10.1. The van der Waals surface area contributed by atoms with Gasteiger partial charge in [0.2, 0.25) is 11.7 Å². The third kappa shape index (κ3) is 2.07. The summed E-state index contributed by atoms with van der Waals surface area (Å²) in [7, 11) is 0. The van der Waals surface area contributed by atoms with Gasteiger partial charge < -0.3 is 4.52 Å². The van der Waals surface area contributed by atoms with Gasteiger partial charge in [0.05, 0.1) is 10.8 Å². The Morgan fingerprint density at radius 3 is 2.89 bits per heavy atom. The quantitative estimate of drug-likeness (QED) is 0.628. The third-order valence-electron chi connectivity index (χ3n) is 3.14. The molecule has 2 unspecified atom stereocenters. The molecule has 3 rings (SSSR count). The van der Waals surface area contributed by atoms with Crippen molar-refractivity contribution in [2.75, 3.05) is 0 Å². The highest BCUT2D eigenvalue weighted by molar-refractivity contribution is 5.60. The molecule has 0 amide bonds. The van der Waals surface area contributed by atoms with Crippen molar-refractivity contribution in [1.29, 1.82) is 0 Å². The molecule has 1 aliphatic rings. The monoisotopic (exact) mass is 263 g/mol. The largest absolute Gasteiger partial charge is 0.339 e. The molecule has 1 aromatic heterocycles. The summed E-state index contributed by atoms with van der Waals surface area (Å²) in [5, 5.41) is 14.6. The van der Waals surface area contributed by atoms with E-state index in [0.717, 1.165) is 0 Å². The molecule has 6 nitrogen and oxygen atoms in total. The van der Waals surface area contributed by atoms with Crippen LogP contribution in [0.2, 0.25) is 0 Å². The smallest absolute Gasteiger partial charge is 0.273 e. The van der Waals surface area contributed by atoms with Crippen LogP contribution in [0.4, 0.5) is 10.1 Å². The molecule has 1 fully saturated rings. The van der Waals surface area contributed by atoms with Crippen molar-refractivity contribution in [2.24, 2.45) is 0 Å². The van der Waals surface area contributed by atoms with E-state index >= 15 is 0 Å². The number of alkyl halides is 1. The fourth-order valence-corrected chi connectivity index (χ4v) is 1.87. The van der Waals surface area contributed by atoms with Gasteiger partial charge in [0.1, 0.15) is 6.17 Å². The van der Waals surface area contributed by atoms with E-state index < -0.39 is 11.1 Å². The first-order valence-electron chi connectivity index (χ1n) is 5.79. The number of hydrogen-bond donors (Lipinski definition) is 0. The molecule has 98 valence electrons. The summed E-state index contributed by atoms with van der Waals surface area (Å²) < 4.78 is 17.9. The average Bonchev–Trinajstić information content (AvgIpc) is 2.91. The van der Waals surface area contributed by atoms with Crippen LogP contribution in [-0.4, -0.2) is 21.2 Å². The minimum absolute atomic E-state index is 0.00126. The normalized spacial score (nSPS) is 21.4. The van der Waals surface area contributed by atoms with Crippen LogP contribution >= 0.6 is 0 Å². The molecule has 0 saturated heterocycles. The zero-order valence-electron chi connectivity index (χ0n) is 10.0. The molecule has 0 bridgehead atoms. The Morgan fingerprint density at radius 2 is 2.26 bits per heavy atom. The second-order valence-corrected chi connectivity index (χ2v) is 4.57. The van der Waals surface area contributed by atoms with Gasteiger partial charge in [0, 0.05) is 17.2 Å². The summed E-state index contributed by atoms with van der Waals surface area (Å²) in [5.41, 5.74) is 1.05. The van der Waals surface area contributed by atoms with Gasteiger partial charge in [-0.3, -0.25) is 10.1 Å². The van der Waals surface area contributed by atoms with Crippen LogP contribution in [0.1, 0.15) is 23.8 Å². The number of aryl methyl sites for hydroxylation is 1. The highest BCUT2D eigenvalue weighted by atomic mass is 19.1. The van der Waals surface area contributed by atoms with Gasteiger partial charge in [-0.2, -0.15) is 4.98 Å². The van der Waals surface area contributed by atoms with Gasteiger partial charge in [0.15, 0.2) is 0 Å². The van der Waals surface area contributed by atoms with Gasteiger partial charge in [-0.05, 0) is 13.3 Å². The van der Waals surface area contributed by atoms with Crippen LogP contribution < -0.4 is 0 Å². The molecule has 0 radical (unpaired) electrons. The molecule has 0 spiro atoms. The van der Waals surface area contributed by atoms with Crippen molar-refractivity contribution in [3.05, 3.63) is 39.8 Å². The van der Waals surface area contributed by atoms with E-state index in [9.17, 15) is 14.5 Å². The Balaban J connectivity index is 1.95. The number of benzene rings is 1. The lowest BCUT2D eigenvalue weighted by Gasteiger charge is -1.98. The zero-order valence-corrected chi connectivity index (χ0v) is 10.0. The molecule has 7 heteroatoms. The maximum atomic E-state index is 12.9. The highest BCUT2D eigenvalue weighted by Crippen LogP contribution is 2.43. The molecule has 2 aromatic rings. The highest BCUT2D eigenvalue weighted by Gasteiger charge is 2.43. The minimum atomic E-state index is -0.916. The van der Waals surface area contributed by atoms with Crippen molar-refractivity contribution in [3.8, 4) is 11.4 Å². The van der Waals surface area contributed by atoms with E-state index in [2.05, 4.69) is 10.1 Å². The molecule has 0 N–H and O–H groups in total. The Morgan fingerprint density at radius 1 is 1.53 bits per heavy atom. The summed E-state index contributed by atoms with van der Waals surface area (Å²) in [5.74, 6) is 0.185. The van der Waals surface area contributed by atoms with Gasteiger partial charge in [-0.15, -0.1) is 0 Å². The topological polar surface area (TPSA) is 82.1 Å². The van der Waals surface area contributed by atoms with Crippen LogP contribution in [0, 0.1) is 17.0 Å².